The first kappa shape index (κ1) is 45.3. The summed E-state index contributed by atoms with van der Waals surface area (Å²) >= 11 is 0. The minimum absolute atomic E-state index is 0.0451. The summed E-state index contributed by atoms with van der Waals surface area (Å²) in [6.07, 6.45) is 21.8. The third-order valence-electron chi connectivity index (χ3n) is 6.09. The topological polar surface area (TPSA) is 152 Å². The normalized spacial score (nSPS) is 10.3. The first-order valence-corrected chi connectivity index (χ1v) is 15.8. The molecule has 242 valence electrons. The first-order chi connectivity index (χ1) is 18.9. The lowest BCUT2D eigenvalue weighted by Crippen LogP contribution is -2.20. The zero-order valence-corrected chi connectivity index (χ0v) is 26.7. The number of hydrogen-bond acceptors (Lipinski definition) is 5. The highest BCUT2D eigenvalue weighted by atomic mass is 16.4. The lowest BCUT2D eigenvalue weighted by molar-refractivity contribution is -0.138. The van der Waals surface area contributed by atoms with E-state index in [0.29, 0.717) is 19.3 Å². The molecule has 0 saturated carbocycles. The van der Waals surface area contributed by atoms with Gasteiger partial charge in [-0.25, -0.2) is 0 Å². The molecule has 8 heteroatoms. The number of carboxylic acid groups (broad SMARTS) is 3. The summed E-state index contributed by atoms with van der Waals surface area (Å²) in [5.74, 6) is -2.00. The minimum Gasteiger partial charge on any atom is -0.481 e. The zero-order valence-electron chi connectivity index (χ0n) is 26.7. The van der Waals surface area contributed by atoms with Crippen LogP contribution in [0.1, 0.15) is 169 Å². The van der Waals surface area contributed by atoms with Gasteiger partial charge in [0, 0.05) is 24.7 Å². The minimum atomic E-state index is -0.670. The van der Waals surface area contributed by atoms with Crippen molar-refractivity contribution in [1.29, 1.82) is 0 Å². The maximum absolute atomic E-state index is 10.1. The van der Waals surface area contributed by atoms with Gasteiger partial charge < -0.3 is 25.5 Å². The number of aliphatic hydroxyl groups excluding tert-OH is 2. The summed E-state index contributed by atoms with van der Waals surface area (Å²) in [5.41, 5.74) is -0.306. The van der Waals surface area contributed by atoms with Crippen LogP contribution in [0.2, 0.25) is 0 Å². The van der Waals surface area contributed by atoms with E-state index < -0.39 is 17.9 Å². The van der Waals surface area contributed by atoms with Crippen molar-refractivity contribution in [2.75, 3.05) is 13.2 Å². The van der Waals surface area contributed by atoms with Crippen molar-refractivity contribution < 1.29 is 39.9 Å². The van der Waals surface area contributed by atoms with Crippen LogP contribution in [0.3, 0.4) is 0 Å². The number of rotatable bonds is 23. The van der Waals surface area contributed by atoms with Crippen LogP contribution in [0.5, 0.6) is 0 Å². The molecule has 0 saturated heterocycles. The number of carboxylic acids is 3. The Morgan fingerprint density at radius 3 is 0.775 bits per heavy atom. The molecule has 0 aliphatic rings. The number of hydrogen-bond donors (Lipinski definition) is 5. The number of carbonyl (C=O) groups is 3. The Hall–Kier alpha value is -1.67. The van der Waals surface area contributed by atoms with Crippen molar-refractivity contribution in [3.63, 3.8) is 0 Å². The third-order valence-corrected chi connectivity index (χ3v) is 6.09. The average molecular weight is 579 g/mol. The highest BCUT2D eigenvalue weighted by Gasteiger charge is 2.13. The molecular formula is C32H66O8. The molecule has 0 fully saturated rings. The van der Waals surface area contributed by atoms with Gasteiger partial charge in [0.2, 0.25) is 0 Å². The Labute approximate surface area is 246 Å². The van der Waals surface area contributed by atoms with E-state index in [2.05, 4.69) is 20.8 Å². The Morgan fingerprint density at radius 2 is 0.625 bits per heavy atom. The van der Waals surface area contributed by atoms with Gasteiger partial charge in [0.15, 0.2) is 0 Å². The van der Waals surface area contributed by atoms with Gasteiger partial charge in [-0.3, -0.25) is 14.4 Å². The van der Waals surface area contributed by atoms with Crippen molar-refractivity contribution >= 4 is 17.9 Å². The quantitative estimate of drug-likeness (QED) is 0.0757. The second-order valence-electron chi connectivity index (χ2n) is 11.2. The molecule has 8 nitrogen and oxygen atoms in total. The summed E-state index contributed by atoms with van der Waals surface area (Å²) in [6.45, 7) is 10.2. The Kier molecular flexibility index (Phi) is 42.3. The Balaban J connectivity index is -0.000000220. The number of unbranched alkanes of at least 4 members (excludes halogenated alkanes) is 15. The van der Waals surface area contributed by atoms with Gasteiger partial charge in [-0.05, 0) is 19.3 Å². The molecule has 0 amide bonds. The molecule has 0 aromatic rings. The van der Waals surface area contributed by atoms with Gasteiger partial charge in [0.25, 0.3) is 0 Å². The van der Waals surface area contributed by atoms with E-state index in [-0.39, 0.29) is 18.6 Å². The third kappa shape index (κ3) is 56.5. The summed E-state index contributed by atoms with van der Waals surface area (Å²) in [4.78, 5) is 30.3. The molecular weight excluding hydrogens is 512 g/mol. The first-order valence-electron chi connectivity index (χ1n) is 15.8. The van der Waals surface area contributed by atoms with Crippen LogP contribution in [0.15, 0.2) is 0 Å². The van der Waals surface area contributed by atoms with Crippen LogP contribution < -0.4 is 0 Å². The molecule has 0 bridgehead atoms. The number of aliphatic carboxylic acids is 3. The van der Waals surface area contributed by atoms with Crippen LogP contribution in [-0.4, -0.2) is 56.7 Å². The van der Waals surface area contributed by atoms with Crippen LogP contribution >= 0.6 is 0 Å². The largest absolute Gasteiger partial charge is 0.481 e. The predicted octanol–water partition coefficient (Wildman–Crippen LogP) is 8.46. The van der Waals surface area contributed by atoms with Crippen LogP contribution in [0, 0.1) is 5.41 Å². The van der Waals surface area contributed by atoms with Crippen LogP contribution in [-0.2, 0) is 14.4 Å². The van der Waals surface area contributed by atoms with Gasteiger partial charge >= 0.3 is 17.9 Å². The molecule has 0 rings (SSSR count). The van der Waals surface area contributed by atoms with E-state index in [1.807, 2.05) is 0 Å². The highest BCUT2D eigenvalue weighted by molar-refractivity contribution is 5.67. The lowest BCUT2D eigenvalue weighted by Gasteiger charge is -2.16. The van der Waals surface area contributed by atoms with Gasteiger partial charge in [0.1, 0.15) is 0 Å². The predicted molar refractivity (Wildman–Crippen MR) is 165 cm³/mol. The van der Waals surface area contributed by atoms with E-state index in [4.69, 9.17) is 25.5 Å². The fourth-order valence-corrected chi connectivity index (χ4v) is 3.22. The zero-order chi connectivity index (χ0) is 31.5. The summed E-state index contributed by atoms with van der Waals surface area (Å²) < 4.78 is 0. The molecule has 40 heavy (non-hydrogen) atoms. The summed E-state index contributed by atoms with van der Waals surface area (Å²) in [5, 5.41) is 41.8. The fourth-order valence-electron chi connectivity index (χ4n) is 3.22. The second kappa shape index (κ2) is 37.3. The fraction of sp³-hybridized carbons (Fsp3) is 0.906. The molecule has 0 radical (unpaired) electrons. The van der Waals surface area contributed by atoms with Crippen molar-refractivity contribution in [3.8, 4) is 0 Å². The van der Waals surface area contributed by atoms with E-state index in [1.165, 1.54) is 77.0 Å². The van der Waals surface area contributed by atoms with Crippen molar-refractivity contribution in [2.24, 2.45) is 5.41 Å². The van der Waals surface area contributed by atoms with Gasteiger partial charge in [-0.1, -0.05) is 131 Å². The molecule has 0 aliphatic carbocycles. The summed E-state index contributed by atoms with van der Waals surface area (Å²) in [6, 6.07) is 0. The van der Waals surface area contributed by atoms with E-state index in [0.717, 1.165) is 38.5 Å². The molecule has 0 spiro atoms. The highest BCUT2D eigenvalue weighted by Crippen LogP contribution is 2.10. The van der Waals surface area contributed by atoms with Crippen LogP contribution in [0.25, 0.3) is 0 Å². The van der Waals surface area contributed by atoms with Gasteiger partial charge in [-0.2, -0.15) is 0 Å². The molecule has 5 N–H and O–H groups in total. The van der Waals surface area contributed by atoms with Crippen molar-refractivity contribution in [3.05, 3.63) is 0 Å². The van der Waals surface area contributed by atoms with E-state index >= 15 is 0 Å². The Bertz CT molecular complexity index is 529. The van der Waals surface area contributed by atoms with Crippen molar-refractivity contribution in [1.82, 2.24) is 0 Å². The monoisotopic (exact) mass is 578 g/mol. The molecule has 0 heterocycles. The SMILES string of the molecule is CC(C)(CO)CO.CCCCCCCC(=O)O.CCCCCCCCC(=O)O.CCCCCCCCCC(=O)O. The molecule has 0 unspecified atom stereocenters. The lowest BCUT2D eigenvalue weighted by atomic mass is 9.97. The maximum atomic E-state index is 10.1. The van der Waals surface area contributed by atoms with E-state index in [9.17, 15) is 14.4 Å². The molecule has 0 aromatic heterocycles. The Morgan fingerprint density at radius 1 is 0.425 bits per heavy atom. The standard InChI is InChI=1S/C10H20O2.C9H18O2.C8H16O2.C5H12O2/c1-2-3-4-5-6-7-8-9-10(11)12;1-2-3-4-5-6-7-8-9(10)11;1-2-3-4-5-6-7-8(9)10;1-5(2,3-6)4-7/h2-9H2,1H3,(H,11,12);2-8H2,1H3,(H,10,11);2-7H2,1H3,(H,9,10);6-7H,3-4H2,1-2H3. The summed E-state index contributed by atoms with van der Waals surface area (Å²) in [7, 11) is 0. The van der Waals surface area contributed by atoms with Gasteiger partial charge in [-0.15, -0.1) is 0 Å². The average Bonchev–Trinajstić information content (AvgIpc) is 2.90. The van der Waals surface area contributed by atoms with Crippen LogP contribution in [0.4, 0.5) is 0 Å². The van der Waals surface area contributed by atoms with E-state index in [1.54, 1.807) is 13.8 Å². The molecule has 0 aliphatic heterocycles. The second-order valence-corrected chi connectivity index (χ2v) is 11.2. The smallest absolute Gasteiger partial charge is 0.303 e. The van der Waals surface area contributed by atoms with Crippen molar-refractivity contribution in [2.45, 2.75) is 169 Å². The van der Waals surface area contributed by atoms with Gasteiger partial charge in [0.05, 0.1) is 13.2 Å². The molecule has 0 aromatic carbocycles. The molecule has 0 atom stereocenters. The maximum Gasteiger partial charge on any atom is 0.303 e. The number of aliphatic hydroxyl groups is 2.